The monoisotopic (exact) mass is 493 g/mol. The molecule has 2 aliphatic rings. The van der Waals surface area contributed by atoms with Crippen molar-refractivity contribution in [3.63, 3.8) is 0 Å². The van der Waals surface area contributed by atoms with Gasteiger partial charge in [-0.25, -0.2) is 0 Å². The SMILES string of the molecule is CN=C(NCCS(=O)c1ccccc1)N1CCOC(C2CCCO2)C1.I. The summed E-state index contributed by atoms with van der Waals surface area (Å²) in [5, 5.41) is 3.34. The van der Waals surface area contributed by atoms with Crippen molar-refractivity contribution >= 4 is 40.7 Å². The number of ether oxygens (including phenoxy) is 2. The van der Waals surface area contributed by atoms with Gasteiger partial charge >= 0.3 is 0 Å². The van der Waals surface area contributed by atoms with E-state index in [4.69, 9.17) is 9.47 Å². The number of hydrogen-bond acceptors (Lipinski definition) is 4. The molecule has 0 spiro atoms. The molecule has 8 heteroatoms. The van der Waals surface area contributed by atoms with Crippen LogP contribution >= 0.6 is 24.0 Å². The van der Waals surface area contributed by atoms with E-state index in [0.717, 1.165) is 43.4 Å². The topological polar surface area (TPSA) is 63.2 Å². The molecule has 146 valence electrons. The minimum atomic E-state index is -0.996. The average Bonchev–Trinajstić information content (AvgIpc) is 3.21. The molecule has 0 saturated carbocycles. The molecule has 0 aliphatic carbocycles. The van der Waals surface area contributed by atoms with Crippen LogP contribution in [0.25, 0.3) is 0 Å². The Morgan fingerprint density at radius 1 is 1.27 bits per heavy atom. The summed E-state index contributed by atoms with van der Waals surface area (Å²) in [6.45, 7) is 3.73. The van der Waals surface area contributed by atoms with Gasteiger partial charge in [0.05, 0.1) is 23.5 Å². The highest BCUT2D eigenvalue weighted by Crippen LogP contribution is 2.21. The van der Waals surface area contributed by atoms with Crippen LogP contribution in [0.4, 0.5) is 0 Å². The Labute approximate surface area is 175 Å². The molecule has 1 N–H and O–H groups in total. The van der Waals surface area contributed by atoms with Gasteiger partial charge in [-0.3, -0.25) is 9.20 Å². The summed E-state index contributed by atoms with van der Waals surface area (Å²) in [4.78, 5) is 7.45. The highest BCUT2D eigenvalue weighted by molar-refractivity contribution is 14.0. The number of aliphatic imine (C=N–C) groups is 1. The second-order valence-corrected chi connectivity index (χ2v) is 7.81. The van der Waals surface area contributed by atoms with E-state index >= 15 is 0 Å². The van der Waals surface area contributed by atoms with E-state index in [0.29, 0.717) is 18.9 Å². The molecule has 1 aromatic rings. The normalized spacial score (nSPS) is 24.8. The molecule has 2 fully saturated rings. The molecule has 3 unspecified atom stereocenters. The Balaban J connectivity index is 0.00000243. The average molecular weight is 493 g/mol. The van der Waals surface area contributed by atoms with Crippen molar-refractivity contribution in [1.29, 1.82) is 0 Å². The molecule has 0 bridgehead atoms. The fraction of sp³-hybridized carbons (Fsp3) is 0.611. The molecular weight excluding hydrogens is 465 g/mol. The summed E-state index contributed by atoms with van der Waals surface area (Å²) in [6, 6.07) is 9.57. The maximum Gasteiger partial charge on any atom is 0.193 e. The van der Waals surface area contributed by atoms with Gasteiger partial charge in [-0.1, -0.05) is 18.2 Å². The number of nitrogens with one attached hydrogen (secondary N) is 1. The van der Waals surface area contributed by atoms with Crippen molar-refractivity contribution in [3.05, 3.63) is 30.3 Å². The Morgan fingerprint density at radius 2 is 2.04 bits per heavy atom. The number of hydrogen-bond donors (Lipinski definition) is 1. The van der Waals surface area contributed by atoms with Crippen molar-refractivity contribution in [2.45, 2.75) is 29.9 Å². The largest absolute Gasteiger partial charge is 0.375 e. The lowest BCUT2D eigenvalue weighted by Crippen LogP contribution is -2.53. The zero-order valence-corrected chi connectivity index (χ0v) is 18.3. The highest BCUT2D eigenvalue weighted by atomic mass is 127. The summed E-state index contributed by atoms with van der Waals surface area (Å²) in [6.07, 6.45) is 2.49. The lowest BCUT2D eigenvalue weighted by atomic mass is 10.1. The quantitative estimate of drug-likeness (QED) is 0.386. The van der Waals surface area contributed by atoms with Gasteiger partial charge in [-0.15, -0.1) is 24.0 Å². The molecule has 1 aromatic carbocycles. The second-order valence-electron chi connectivity index (χ2n) is 6.24. The maximum absolute atomic E-state index is 12.3. The summed E-state index contributed by atoms with van der Waals surface area (Å²) < 4.78 is 24.0. The second kappa shape index (κ2) is 11.2. The fourth-order valence-corrected chi connectivity index (χ4v) is 4.25. The zero-order valence-electron chi connectivity index (χ0n) is 15.1. The van der Waals surface area contributed by atoms with Gasteiger partial charge in [0.2, 0.25) is 0 Å². The third-order valence-corrected chi connectivity index (χ3v) is 5.93. The van der Waals surface area contributed by atoms with Gasteiger partial charge in [-0.2, -0.15) is 0 Å². The van der Waals surface area contributed by atoms with Crippen LogP contribution in [0.2, 0.25) is 0 Å². The molecule has 26 heavy (non-hydrogen) atoms. The number of nitrogens with zero attached hydrogens (tertiary/aromatic N) is 2. The first-order chi connectivity index (χ1) is 12.3. The van der Waals surface area contributed by atoms with Crippen molar-refractivity contribution in [2.75, 3.05) is 45.6 Å². The smallest absolute Gasteiger partial charge is 0.193 e. The number of guanidine groups is 1. The van der Waals surface area contributed by atoms with E-state index in [9.17, 15) is 4.21 Å². The van der Waals surface area contributed by atoms with Crippen LogP contribution in [-0.4, -0.2) is 72.9 Å². The van der Waals surface area contributed by atoms with Gasteiger partial charge in [0.1, 0.15) is 6.10 Å². The van der Waals surface area contributed by atoms with Crippen LogP contribution in [0.15, 0.2) is 40.2 Å². The van der Waals surface area contributed by atoms with Crippen LogP contribution in [0.5, 0.6) is 0 Å². The summed E-state index contributed by atoms with van der Waals surface area (Å²) in [5.74, 6) is 1.40. The summed E-state index contributed by atoms with van der Waals surface area (Å²) in [7, 11) is 0.788. The minimum Gasteiger partial charge on any atom is -0.375 e. The van der Waals surface area contributed by atoms with E-state index < -0.39 is 10.8 Å². The van der Waals surface area contributed by atoms with Crippen LogP contribution in [0.3, 0.4) is 0 Å². The van der Waals surface area contributed by atoms with Crippen LogP contribution in [0, 0.1) is 0 Å². The van der Waals surface area contributed by atoms with Gasteiger partial charge in [-0.05, 0) is 25.0 Å². The standard InChI is InChI=1S/C18H27N3O3S.HI/c1-19-18(20-9-13-25(22)15-6-3-2-4-7-15)21-10-12-24-17(14-21)16-8-5-11-23-16;/h2-4,6-7,16-17H,5,8-14H2,1H3,(H,19,20);1H. The first-order valence-corrected chi connectivity index (χ1v) is 10.2. The van der Waals surface area contributed by atoms with E-state index in [-0.39, 0.29) is 36.2 Å². The predicted molar refractivity (Wildman–Crippen MR) is 115 cm³/mol. The Kier molecular flexibility index (Phi) is 9.30. The number of benzene rings is 1. The molecule has 2 aliphatic heterocycles. The Bertz CT molecular complexity index is 597. The Morgan fingerprint density at radius 3 is 2.73 bits per heavy atom. The summed E-state index contributed by atoms with van der Waals surface area (Å²) >= 11 is 0. The fourth-order valence-electron chi connectivity index (χ4n) is 3.27. The van der Waals surface area contributed by atoms with Crippen molar-refractivity contribution in [3.8, 4) is 0 Å². The van der Waals surface area contributed by atoms with Crippen LogP contribution < -0.4 is 5.32 Å². The van der Waals surface area contributed by atoms with Gasteiger partial charge in [0.25, 0.3) is 0 Å². The number of morpholine rings is 1. The third-order valence-electron chi connectivity index (χ3n) is 4.56. The van der Waals surface area contributed by atoms with Crippen molar-refractivity contribution < 1.29 is 13.7 Å². The van der Waals surface area contributed by atoms with E-state index in [1.807, 2.05) is 30.3 Å². The minimum absolute atomic E-state index is 0. The number of rotatable bonds is 5. The van der Waals surface area contributed by atoms with Crippen LogP contribution in [0.1, 0.15) is 12.8 Å². The first kappa shape index (κ1) is 21.6. The van der Waals surface area contributed by atoms with E-state index in [1.165, 1.54) is 0 Å². The van der Waals surface area contributed by atoms with Crippen LogP contribution in [-0.2, 0) is 20.3 Å². The van der Waals surface area contributed by atoms with Crippen molar-refractivity contribution in [2.24, 2.45) is 4.99 Å². The van der Waals surface area contributed by atoms with Gasteiger partial charge < -0.3 is 19.7 Å². The van der Waals surface area contributed by atoms with E-state index in [1.54, 1.807) is 7.05 Å². The first-order valence-electron chi connectivity index (χ1n) is 8.90. The predicted octanol–water partition coefficient (Wildman–Crippen LogP) is 1.87. The number of halogens is 1. The lowest BCUT2D eigenvalue weighted by molar-refractivity contribution is -0.0816. The van der Waals surface area contributed by atoms with Gasteiger partial charge in [0.15, 0.2) is 5.96 Å². The molecule has 3 atom stereocenters. The lowest BCUT2D eigenvalue weighted by Gasteiger charge is -2.37. The Hall–Kier alpha value is -0.710. The molecule has 0 aromatic heterocycles. The maximum atomic E-state index is 12.3. The molecule has 2 heterocycles. The molecule has 6 nitrogen and oxygen atoms in total. The molecule has 0 amide bonds. The molecule has 2 saturated heterocycles. The molecule has 0 radical (unpaired) electrons. The third kappa shape index (κ3) is 5.90. The highest BCUT2D eigenvalue weighted by Gasteiger charge is 2.32. The van der Waals surface area contributed by atoms with Gasteiger partial charge in [0, 0.05) is 43.9 Å². The van der Waals surface area contributed by atoms with Crippen molar-refractivity contribution in [1.82, 2.24) is 10.2 Å². The molecular formula is C18H28IN3O3S. The summed E-state index contributed by atoms with van der Waals surface area (Å²) in [5.41, 5.74) is 0. The molecule has 3 rings (SSSR count). The van der Waals surface area contributed by atoms with E-state index in [2.05, 4.69) is 15.2 Å². The zero-order chi connectivity index (χ0) is 17.5.